The molecule has 1 aliphatic carbocycles. The summed E-state index contributed by atoms with van der Waals surface area (Å²) in [6, 6.07) is 0. The summed E-state index contributed by atoms with van der Waals surface area (Å²) < 4.78 is 0. The van der Waals surface area contributed by atoms with E-state index >= 15 is 0 Å². The quantitative estimate of drug-likeness (QED) is 0.650. The highest BCUT2D eigenvalue weighted by Gasteiger charge is 2.30. The van der Waals surface area contributed by atoms with Gasteiger partial charge in [0.05, 0.1) is 5.92 Å². The molecule has 3 nitrogen and oxygen atoms in total. The zero-order chi connectivity index (χ0) is 8.43. The van der Waals surface area contributed by atoms with E-state index in [1.54, 1.807) is 6.92 Å². The molecule has 0 aromatic rings. The number of Topliss-reactive ketones (excluding diaryl/α,β-unsaturated/α-hetero) is 1. The van der Waals surface area contributed by atoms with Crippen molar-refractivity contribution in [2.75, 3.05) is 0 Å². The van der Waals surface area contributed by atoms with Crippen LogP contribution >= 0.6 is 0 Å². The van der Waals surface area contributed by atoms with Gasteiger partial charge in [-0.05, 0) is 12.3 Å². The Bertz CT molecular complexity index is 186. The zero-order valence-corrected chi connectivity index (χ0v) is 6.54. The Morgan fingerprint density at radius 1 is 1.73 bits per heavy atom. The van der Waals surface area contributed by atoms with Gasteiger partial charge in [-0.3, -0.25) is 9.59 Å². The number of aliphatic carboxylic acids is 1. The van der Waals surface area contributed by atoms with E-state index in [1.165, 1.54) is 0 Å². The summed E-state index contributed by atoms with van der Waals surface area (Å²) in [5.41, 5.74) is 0. The second-order valence-electron chi connectivity index (χ2n) is 3.17. The molecule has 2 atom stereocenters. The Balaban J connectivity index is 2.49. The maximum absolute atomic E-state index is 10.8. The summed E-state index contributed by atoms with van der Waals surface area (Å²) in [7, 11) is 0. The van der Waals surface area contributed by atoms with Crippen LogP contribution in [0.1, 0.15) is 26.2 Å². The third-order valence-electron chi connectivity index (χ3n) is 2.38. The van der Waals surface area contributed by atoms with Crippen molar-refractivity contribution in [1.82, 2.24) is 0 Å². The number of hydrogen-bond donors (Lipinski definition) is 1. The minimum atomic E-state index is -0.787. The summed E-state index contributed by atoms with van der Waals surface area (Å²) in [5, 5.41) is 8.62. The largest absolute Gasteiger partial charge is 0.481 e. The van der Waals surface area contributed by atoms with Gasteiger partial charge in [0.2, 0.25) is 0 Å². The molecule has 0 aromatic carbocycles. The van der Waals surface area contributed by atoms with E-state index in [2.05, 4.69) is 0 Å². The lowest BCUT2D eigenvalue weighted by Gasteiger charge is -2.11. The van der Waals surface area contributed by atoms with E-state index in [0.29, 0.717) is 12.8 Å². The molecule has 0 saturated heterocycles. The number of carbonyl (C=O) groups is 2. The zero-order valence-electron chi connectivity index (χ0n) is 6.54. The molecule has 0 radical (unpaired) electrons. The summed E-state index contributed by atoms with van der Waals surface area (Å²) >= 11 is 0. The van der Waals surface area contributed by atoms with Crippen molar-refractivity contribution in [2.24, 2.45) is 11.8 Å². The smallest absolute Gasteiger partial charge is 0.306 e. The van der Waals surface area contributed by atoms with Crippen molar-refractivity contribution >= 4 is 11.8 Å². The molecule has 0 aliphatic heterocycles. The summed E-state index contributed by atoms with van der Waals surface area (Å²) in [5.74, 6) is -0.853. The molecule has 0 aromatic heterocycles. The molecule has 0 bridgehead atoms. The predicted molar refractivity (Wildman–Crippen MR) is 39.1 cm³/mol. The van der Waals surface area contributed by atoms with Crippen LogP contribution in [-0.4, -0.2) is 16.9 Å². The number of carbonyl (C=O) groups excluding carboxylic acids is 1. The first-order valence-corrected chi connectivity index (χ1v) is 3.85. The molecule has 0 amide bonds. The Labute approximate surface area is 65.4 Å². The Morgan fingerprint density at radius 2 is 2.36 bits per heavy atom. The summed E-state index contributed by atoms with van der Waals surface area (Å²) in [4.78, 5) is 21.3. The number of ketones is 1. The molecule has 1 saturated carbocycles. The van der Waals surface area contributed by atoms with Gasteiger partial charge in [0.15, 0.2) is 0 Å². The Morgan fingerprint density at radius 3 is 2.73 bits per heavy atom. The molecule has 0 spiro atoms. The predicted octanol–water partition coefficient (Wildman–Crippen LogP) is 1.08. The van der Waals surface area contributed by atoms with Gasteiger partial charge in [-0.1, -0.05) is 6.92 Å². The van der Waals surface area contributed by atoms with Crippen LogP contribution in [0.3, 0.4) is 0 Å². The van der Waals surface area contributed by atoms with E-state index in [4.69, 9.17) is 5.11 Å². The van der Waals surface area contributed by atoms with Crippen molar-refractivity contribution in [1.29, 1.82) is 0 Å². The third kappa shape index (κ3) is 1.79. The highest BCUT2D eigenvalue weighted by atomic mass is 16.4. The highest BCUT2D eigenvalue weighted by Crippen LogP contribution is 2.28. The topological polar surface area (TPSA) is 54.4 Å². The number of carboxylic acid groups (broad SMARTS) is 1. The van der Waals surface area contributed by atoms with Crippen molar-refractivity contribution in [2.45, 2.75) is 26.2 Å². The lowest BCUT2D eigenvalue weighted by molar-refractivity contribution is -0.142. The highest BCUT2D eigenvalue weighted by molar-refractivity contribution is 5.82. The van der Waals surface area contributed by atoms with E-state index in [1.807, 2.05) is 0 Å². The molecule has 1 aliphatic rings. The maximum Gasteiger partial charge on any atom is 0.306 e. The minimum absolute atomic E-state index is 0.0833. The molecule has 1 rings (SSSR count). The van der Waals surface area contributed by atoms with Crippen LogP contribution in [0.25, 0.3) is 0 Å². The first kappa shape index (κ1) is 8.24. The van der Waals surface area contributed by atoms with Crippen molar-refractivity contribution in [3.63, 3.8) is 0 Å². The van der Waals surface area contributed by atoms with Crippen LogP contribution in [0.5, 0.6) is 0 Å². The normalized spacial score (nSPS) is 27.0. The van der Waals surface area contributed by atoms with Gasteiger partial charge < -0.3 is 5.11 Å². The maximum atomic E-state index is 10.8. The van der Waals surface area contributed by atoms with Crippen molar-refractivity contribution in [3.8, 4) is 0 Å². The second-order valence-corrected chi connectivity index (χ2v) is 3.17. The van der Waals surface area contributed by atoms with Gasteiger partial charge in [0.25, 0.3) is 0 Å². The molecule has 0 unspecified atom stereocenters. The fourth-order valence-corrected chi connectivity index (χ4v) is 1.47. The number of hydrogen-bond acceptors (Lipinski definition) is 2. The Kier molecular flexibility index (Phi) is 2.27. The summed E-state index contributed by atoms with van der Waals surface area (Å²) in [6.07, 6.45) is 1.79. The van der Waals surface area contributed by atoms with E-state index in [0.717, 1.165) is 6.42 Å². The third-order valence-corrected chi connectivity index (χ3v) is 2.38. The van der Waals surface area contributed by atoms with Gasteiger partial charge in [-0.25, -0.2) is 0 Å². The molecule has 1 fully saturated rings. The first-order chi connectivity index (χ1) is 5.11. The number of carboxylic acids is 1. The molecule has 1 N–H and O–H groups in total. The number of rotatable bonds is 2. The molecule has 62 valence electrons. The lowest BCUT2D eigenvalue weighted by atomic mass is 9.93. The van der Waals surface area contributed by atoms with Crippen LogP contribution in [0.4, 0.5) is 0 Å². The fourth-order valence-electron chi connectivity index (χ4n) is 1.47. The minimum Gasteiger partial charge on any atom is -0.481 e. The van der Waals surface area contributed by atoms with Gasteiger partial charge >= 0.3 is 5.97 Å². The molecule has 11 heavy (non-hydrogen) atoms. The van der Waals surface area contributed by atoms with E-state index in [9.17, 15) is 9.59 Å². The molecular formula is C8H12O3. The second kappa shape index (κ2) is 3.03. The average molecular weight is 156 g/mol. The van der Waals surface area contributed by atoms with Gasteiger partial charge in [0.1, 0.15) is 5.78 Å². The lowest BCUT2D eigenvalue weighted by Crippen LogP contribution is -2.18. The van der Waals surface area contributed by atoms with Crippen molar-refractivity contribution < 1.29 is 14.7 Å². The van der Waals surface area contributed by atoms with Crippen LogP contribution in [-0.2, 0) is 9.59 Å². The molecule has 3 heteroatoms. The van der Waals surface area contributed by atoms with E-state index < -0.39 is 5.97 Å². The van der Waals surface area contributed by atoms with Crippen LogP contribution in [0, 0.1) is 11.8 Å². The average Bonchev–Trinajstić information content (AvgIpc) is 2.34. The van der Waals surface area contributed by atoms with Crippen LogP contribution in [0.15, 0.2) is 0 Å². The van der Waals surface area contributed by atoms with Gasteiger partial charge in [-0.15, -0.1) is 0 Å². The summed E-state index contributed by atoms with van der Waals surface area (Å²) in [6.45, 7) is 1.67. The first-order valence-electron chi connectivity index (χ1n) is 3.85. The SMILES string of the molecule is C[C@@H](C(=O)O)[C@H]1CCC(=O)C1. The monoisotopic (exact) mass is 156 g/mol. The fraction of sp³-hybridized carbons (Fsp3) is 0.750. The van der Waals surface area contributed by atoms with E-state index in [-0.39, 0.29) is 17.6 Å². The van der Waals surface area contributed by atoms with Gasteiger partial charge in [-0.2, -0.15) is 0 Å². The molecule has 0 heterocycles. The van der Waals surface area contributed by atoms with Gasteiger partial charge in [0, 0.05) is 12.8 Å². The van der Waals surface area contributed by atoms with Crippen molar-refractivity contribution in [3.05, 3.63) is 0 Å². The Hall–Kier alpha value is -0.860. The standard InChI is InChI=1S/C8H12O3/c1-5(8(10)11)6-2-3-7(9)4-6/h5-6H,2-4H2,1H3,(H,10,11)/t5-,6+/m1/s1. The molecular weight excluding hydrogens is 144 g/mol. The van der Waals surface area contributed by atoms with Crippen LogP contribution < -0.4 is 0 Å². The van der Waals surface area contributed by atoms with Crippen LogP contribution in [0.2, 0.25) is 0 Å².